The molecule has 0 aliphatic rings. The highest BCUT2D eigenvalue weighted by molar-refractivity contribution is 7.90. The van der Waals surface area contributed by atoms with E-state index in [1.54, 1.807) is 12.1 Å². The molecule has 0 heterocycles. The van der Waals surface area contributed by atoms with E-state index in [1.807, 2.05) is 13.8 Å². The zero-order chi connectivity index (χ0) is 27.2. The quantitative estimate of drug-likeness (QED) is 0.448. The second-order valence-corrected chi connectivity index (χ2v) is 11.4. The van der Waals surface area contributed by atoms with Gasteiger partial charge >= 0.3 is 10.2 Å². The van der Waals surface area contributed by atoms with Crippen LogP contribution in [0.4, 0.5) is 10.1 Å². The summed E-state index contributed by atoms with van der Waals surface area (Å²) in [6.07, 6.45) is 0.678. The first kappa shape index (κ1) is 29.8. The SMILES string of the molecule is CC[C@H](C)NC(=O)[C@H](C)N(Cc1ccc(Cl)cc1Cl)C(=O)CN(c1ccccc1F)S(=O)(=O)N(C)C. The zero-order valence-corrected chi connectivity index (χ0v) is 23.2. The van der Waals surface area contributed by atoms with Crippen LogP contribution < -0.4 is 9.62 Å². The van der Waals surface area contributed by atoms with Gasteiger partial charge in [0.15, 0.2) is 0 Å². The van der Waals surface area contributed by atoms with Crippen LogP contribution in [0.25, 0.3) is 0 Å². The van der Waals surface area contributed by atoms with E-state index in [0.29, 0.717) is 21.3 Å². The van der Waals surface area contributed by atoms with Crippen molar-refractivity contribution in [1.82, 2.24) is 14.5 Å². The van der Waals surface area contributed by atoms with Gasteiger partial charge in [0, 0.05) is 36.7 Å². The first-order chi connectivity index (χ1) is 16.8. The van der Waals surface area contributed by atoms with Gasteiger partial charge in [0.25, 0.3) is 0 Å². The highest BCUT2D eigenvalue weighted by Crippen LogP contribution is 2.26. The molecule has 8 nitrogen and oxygen atoms in total. The fourth-order valence-corrected chi connectivity index (χ4v) is 4.77. The van der Waals surface area contributed by atoms with Gasteiger partial charge in [0.2, 0.25) is 11.8 Å². The van der Waals surface area contributed by atoms with E-state index in [9.17, 15) is 22.4 Å². The molecule has 0 aliphatic carbocycles. The first-order valence-corrected chi connectivity index (χ1v) is 13.4. The van der Waals surface area contributed by atoms with Gasteiger partial charge in [-0.3, -0.25) is 9.59 Å². The topological polar surface area (TPSA) is 90.0 Å². The number of hydrogen-bond acceptors (Lipinski definition) is 4. The lowest BCUT2D eigenvalue weighted by Crippen LogP contribution is -2.53. The Kier molecular flexibility index (Phi) is 10.5. The van der Waals surface area contributed by atoms with E-state index in [0.717, 1.165) is 10.4 Å². The summed E-state index contributed by atoms with van der Waals surface area (Å²) in [4.78, 5) is 27.8. The van der Waals surface area contributed by atoms with Gasteiger partial charge < -0.3 is 10.2 Å². The maximum Gasteiger partial charge on any atom is 0.304 e. The summed E-state index contributed by atoms with van der Waals surface area (Å²) < 4.78 is 42.4. The molecule has 12 heteroatoms. The van der Waals surface area contributed by atoms with Crippen molar-refractivity contribution in [3.8, 4) is 0 Å². The molecule has 0 spiro atoms. The predicted octanol–water partition coefficient (Wildman–Crippen LogP) is 4.08. The van der Waals surface area contributed by atoms with E-state index in [1.165, 1.54) is 50.2 Å². The summed E-state index contributed by atoms with van der Waals surface area (Å²) in [7, 11) is -1.71. The molecular formula is C24H31Cl2FN4O4S. The maximum atomic E-state index is 14.6. The third kappa shape index (κ3) is 7.32. The van der Waals surface area contributed by atoms with Crippen molar-refractivity contribution < 1.29 is 22.4 Å². The van der Waals surface area contributed by atoms with Crippen LogP contribution in [-0.4, -0.2) is 62.2 Å². The number of carbonyl (C=O) groups excluding carboxylic acids is 2. The Balaban J connectivity index is 2.50. The molecule has 0 fully saturated rings. The summed E-state index contributed by atoms with van der Waals surface area (Å²) in [5.74, 6) is -1.96. The number of para-hydroxylation sites is 1. The van der Waals surface area contributed by atoms with Crippen molar-refractivity contribution in [2.75, 3.05) is 24.9 Å². The monoisotopic (exact) mass is 560 g/mol. The highest BCUT2D eigenvalue weighted by atomic mass is 35.5. The molecular weight excluding hydrogens is 530 g/mol. The predicted molar refractivity (Wildman–Crippen MR) is 141 cm³/mol. The molecule has 2 rings (SSSR count). The second-order valence-electron chi connectivity index (χ2n) is 8.50. The number of amides is 2. The Morgan fingerprint density at radius 2 is 1.72 bits per heavy atom. The van der Waals surface area contributed by atoms with Gasteiger partial charge in [-0.2, -0.15) is 12.7 Å². The lowest BCUT2D eigenvalue weighted by atomic mass is 10.1. The Morgan fingerprint density at radius 1 is 1.08 bits per heavy atom. The third-order valence-electron chi connectivity index (χ3n) is 5.66. The van der Waals surface area contributed by atoms with Gasteiger partial charge in [-0.15, -0.1) is 0 Å². The molecule has 0 radical (unpaired) electrons. The Hall–Kier alpha value is -2.40. The van der Waals surface area contributed by atoms with Crippen LogP contribution in [0.2, 0.25) is 10.0 Å². The van der Waals surface area contributed by atoms with Crippen molar-refractivity contribution >= 4 is 50.9 Å². The smallest absolute Gasteiger partial charge is 0.304 e. The van der Waals surface area contributed by atoms with E-state index in [4.69, 9.17) is 23.2 Å². The van der Waals surface area contributed by atoms with Crippen LogP contribution in [-0.2, 0) is 26.3 Å². The van der Waals surface area contributed by atoms with E-state index < -0.39 is 40.4 Å². The Bertz CT molecular complexity index is 1200. The molecule has 2 aromatic carbocycles. The highest BCUT2D eigenvalue weighted by Gasteiger charge is 2.34. The fraction of sp³-hybridized carbons (Fsp3) is 0.417. The summed E-state index contributed by atoms with van der Waals surface area (Å²) in [6, 6.07) is 8.85. The molecule has 36 heavy (non-hydrogen) atoms. The van der Waals surface area contributed by atoms with E-state index in [-0.39, 0.29) is 23.3 Å². The summed E-state index contributed by atoms with van der Waals surface area (Å²) in [5, 5.41) is 3.50. The minimum atomic E-state index is -4.26. The van der Waals surface area contributed by atoms with Crippen LogP contribution in [0.5, 0.6) is 0 Å². The molecule has 198 valence electrons. The number of carbonyl (C=O) groups is 2. The number of nitrogens with zero attached hydrogens (tertiary/aromatic N) is 3. The molecule has 0 saturated carbocycles. The van der Waals surface area contributed by atoms with Gasteiger partial charge in [0.1, 0.15) is 18.4 Å². The minimum absolute atomic E-state index is 0.100. The first-order valence-electron chi connectivity index (χ1n) is 11.3. The number of rotatable bonds is 11. The summed E-state index contributed by atoms with van der Waals surface area (Å²) in [6.45, 7) is 4.43. The van der Waals surface area contributed by atoms with Crippen molar-refractivity contribution in [2.24, 2.45) is 0 Å². The van der Waals surface area contributed by atoms with Crippen LogP contribution in [0.3, 0.4) is 0 Å². The average Bonchev–Trinajstić information content (AvgIpc) is 2.81. The molecule has 0 saturated heterocycles. The minimum Gasteiger partial charge on any atom is -0.352 e. The number of benzene rings is 2. The van der Waals surface area contributed by atoms with Crippen LogP contribution in [0.15, 0.2) is 42.5 Å². The fourth-order valence-electron chi connectivity index (χ4n) is 3.24. The molecule has 2 aromatic rings. The van der Waals surface area contributed by atoms with Gasteiger partial charge in [-0.25, -0.2) is 8.70 Å². The number of nitrogens with one attached hydrogen (secondary N) is 1. The largest absolute Gasteiger partial charge is 0.352 e. The Labute approximate surface area is 222 Å². The molecule has 1 N–H and O–H groups in total. The van der Waals surface area contributed by atoms with E-state index >= 15 is 0 Å². The van der Waals surface area contributed by atoms with E-state index in [2.05, 4.69) is 5.32 Å². The summed E-state index contributed by atoms with van der Waals surface area (Å²) in [5.41, 5.74) is 0.214. The normalized spacial score (nSPS) is 13.2. The van der Waals surface area contributed by atoms with Crippen molar-refractivity contribution in [3.63, 3.8) is 0 Å². The zero-order valence-electron chi connectivity index (χ0n) is 20.8. The molecule has 2 amide bonds. The van der Waals surface area contributed by atoms with Crippen LogP contribution in [0.1, 0.15) is 32.8 Å². The van der Waals surface area contributed by atoms with Gasteiger partial charge in [-0.1, -0.05) is 48.3 Å². The standard InChI is InChI=1S/C24H31Cl2FN4O4S/c1-6-16(2)28-24(33)17(3)30(14-18-11-12-19(25)13-20(18)26)23(32)15-31(36(34,35)29(4)5)22-10-8-7-9-21(22)27/h7-13,16-17H,6,14-15H2,1-5H3,(H,28,33)/t16-,17-/m0/s1. The molecule has 2 atom stereocenters. The van der Waals surface area contributed by atoms with Crippen molar-refractivity contribution in [3.05, 3.63) is 63.9 Å². The van der Waals surface area contributed by atoms with Crippen molar-refractivity contribution in [2.45, 2.75) is 45.8 Å². The summed E-state index contributed by atoms with van der Waals surface area (Å²) >= 11 is 12.3. The van der Waals surface area contributed by atoms with Crippen LogP contribution in [0, 0.1) is 5.82 Å². The number of halogens is 3. The van der Waals surface area contributed by atoms with Crippen molar-refractivity contribution in [1.29, 1.82) is 0 Å². The molecule has 0 aromatic heterocycles. The molecule has 0 bridgehead atoms. The Morgan fingerprint density at radius 3 is 2.28 bits per heavy atom. The molecule has 0 unspecified atom stereocenters. The maximum absolute atomic E-state index is 14.6. The lowest BCUT2D eigenvalue weighted by molar-refractivity contribution is -0.139. The third-order valence-corrected chi connectivity index (χ3v) is 8.06. The van der Waals surface area contributed by atoms with Gasteiger partial charge in [0.05, 0.1) is 5.69 Å². The van der Waals surface area contributed by atoms with Crippen LogP contribution >= 0.6 is 23.2 Å². The average molecular weight is 562 g/mol. The second kappa shape index (κ2) is 12.7. The number of hydrogen-bond donors (Lipinski definition) is 1. The number of anilines is 1. The van der Waals surface area contributed by atoms with Gasteiger partial charge in [-0.05, 0) is 50.1 Å². The molecule has 0 aliphatic heterocycles. The lowest BCUT2D eigenvalue weighted by Gasteiger charge is -2.33.